The second kappa shape index (κ2) is 5.44. The molecule has 88 valence electrons. The van der Waals surface area contributed by atoms with Gasteiger partial charge in [-0.05, 0) is 12.3 Å². The van der Waals surface area contributed by atoms with Crippen LogP contribution in [-0.4, -0.2) is 60.0 Å². The molecule has 0 radical (unpaired) electrons. The molecule has 3 atom stereocenters. The normalized spacial score (nSPS) is 30.1. The van der Waals surface area contributed by atoms with Gasteiger partial charge in [-0.15, -0.1) is 0 Å². The zero-order valence-corrected chi connectivity index (χ0v) is 9.22. The van der Waals surface area contributed by atoms with Gasteiger partial charge in [-0.3, -0.25) is 9.69 Å². The van der Waals surface area contributed by atoms with Gasteiger partial charge in [0.2, 0.25) is 0 Å². The summed E-state index contributed by atoms with van der Waals surface area (Å²) < 4.78 is 4.90. The van der Waals surface area contributed by atoms with Crippen LogP contribution < -0.4 is 0 Å². The van der Waals surface area contributed by atoms with Crippen LogP contribution in [0, 0.1) is 5.92 Å². The fourth-order valence-corrected chi connectivity index (χ4v) is 1.94. The van der Waals surface area contributed by atoms with E-state index < -0.39 is 12.0 Å². The fourth-order valence-electron chi connectivity index (χ4n) is 1.94. The van der Waals surface area contributed by atoms with Gasteiger partial charge >= 0.3 is 5.97 Å². The Balaban J connectivity index is 2.57. The highest BCUT2D eigenvalue weighted by Gasteiger charge is 2.32. The average molecular weight is 217 g/mol. The van der Waals surface area contributed by atoms with E-state index in [1.165, 1.54) is 7.11 Å². The summed E-state index contributed by atoms with van der Waals surface area (Å²) in [5.74, 6) is -0.738. The largest absolute Gasteiger partial charge is 0.480 e. The van der Waals surface area contributed by atoms with Crippen molar-refractivity contribution >= 4 is 5.97 Å². The molecule has 0 bridgehead atoms. The molecule has 0 aliphatic carbocycles. The van der Waals surface area contributed by atoms with Gasteiger partial charge in [0.15, 0.2) is 0 Å². The van der Waals surface area contributed by atoms with Gasteiger partial charge < -0.3 is 14.9 Å². The first-order chi connectivity index (χ1) is 7.06. The van der Waals surface area contributed by atoms with Crippen LogP contribution in [0.5, 0.6) is 0 Å². The van der Waals surface area contributed by atoms with E-state index in [-0.39, 0.29) is 18.6 Å². The molecular formula is C10H19NO4. The van der Waals surface area contributed by atoms with Crippen molar-refractivity contribution < 1.29 is 19.7 Å². The molecule has 1 fully saturated rings. The average Bonchev–Trinajstić information content (AvgIpc) is 2.18. The van der Waals surface area contributed by atoms with E-state index in [4.69, 9.17) is 9.84 Å². The number of hydrogen-bond acceptors (Lipinski definition) is 4. The Morgan fingerprint density at radius 2 is 2.33 bits per heavy atom. The van der Waals surface area contributed by atoms with Crippen molar-refractivity contribution in [2.24, 2.45) is 5.92 Å². The number of ether oxygens (including phenoxy) is 1. The predicted molar refractivity (Wildman–Crippen MR) is 54.7 cm³/mol. The third-order valence-corrected chi connectivity index (χ3v) is 2.94. The molecule has 1 aliphatic rings. The van der Waals surface area contributed by atoms with Crippen molar-refractivity contribution in [2.45, 2.75) is 25.5 Å². The number of nitrogens with zero attached hydrogens (tertiary/aromatic N) is 1. The maximum Gasteiger partial charge on any atom is 0.323 e. The highest BCUT2D eigenvalue weighted by molar-refractivity contribution is 5.73. The zero-order chi connectivity index (χ0) is 11.4. The molecule has 0 saturated carbocycles. The number of likely N-dealkylation sites (tertiary alicyclic amines) is 1. The summed E-state index contributed by atoms with van der Waals surface area (Å²) in [5, 5.41) is 18.6. The third kappa shape index (κ3) is 3.15. The number of methoxy groups -OCH3 is 1. The van der Waals surface area contributed by atoms with E-state index in [0.29, 0.717) is 19.5 Å². The number of hydrogen-bond donors (Lipinski definition) is 2. The van der Waals surface area contributed by atoms with Crippen molar-refractivity contribution in [3.05, 3.63) is 0 Å². The second-order valence-corrected chi connectivity index (χ2v) is 4.14. The lowest BCUT2D eigenvalue weighted by Gasteiger charge is -2.37. The molecule has 2 N–H and O–H groups in total. The van der Waals surface area contributed by atoms with Crippen LogP contribution in [0.1, 0.15) is 13.3 Å². The summed E-state index contributed by atoms with van der Waals surface area (Å²) in [5.41, 5.74) is 0. The highest BCUT2D eigenvalue weighted by Crippen LogP contribution is 2.18. The molecule has 3 unspecified atom stereocenters. The number of carboxylic acid groups (broad SMARTS) is 1. The maximum absolute atomic E-state index is 11.0. The van der Waals surface area contributed by atoms with E-state index in [2.05, 4.69) is 0 Å². The maximum atomic E-state index is 11.0. The first-order valence-corrected chi connectivity index (χ1v) is 5.20. The van der Waals surface area contributed by atoms with E-state index in [9.17, 15) is 9.90 Å². The number of aliphatic carboxylic acids is 1. The van der Waals surface area contributed by atoms with Gasteiger partial charge in [0, 0.05) is 20.2 Å². The van der Waals surface area contributed by atoms with Crippen LogP contribution in [0.15, 0.2) is 0 Å². The summed E-state index contributed by atoms with van der Waals surface area (Å²) in [7, 11) is 1.50. The van der Waals surface area contributed by atoms with E-state index >= 15 is 0 Å². The Kier molecular flexibility index (Phi) is 4.50. The van der Waals surface area contributed by atoms with E-state index in [0.717, 1.165) is 0 Å². The number of carbonyl (C=O) groups is 1. The van der Waals surface area contributed by atoms with Gasteiger partial charge in [-0.25, -0.2) is 0 Å². The SMILES string of the molecule is COCC(C(=O)O)N1CCC(O)C(C)C1. The minimum Gasteiger partial charge on any atom is -0.480 e. The predicted octanol–water partition coefficient (Wildman–Crippen LogP) is -0.211. The molecule has 0 spiro atoms. The Hall–Kier alpha value is -0.650. The summed E-state index contributed by atoms with van der Waals surface area (Å²) >= 11 is 0. The second-order valence-electron chi connectivity index (χ2n) is 4.14. The van der Waals surface area contributed by atoms with Crippen molar-refractivity contribution in [1.82, 2.24) is 4.90 Å². The lowest BCUT2D eigenvalue weighted by molar-refractivity contribution is -0.147. The van der Waals surface area contributed by atoms with Gasteiger partial charge in [0.05, 0.1) is 12.7 Å². The summed E-state index contributed by atoms with van der Waals surface area (Å²) in [4.78, 5) is 12.9. The molecule has 1 rings (SSSR count). The Morgan fingerprint density at radius 1 is 1.67 bits per heavy atom. The van der Waals surface area contributed by atoms with Crippen molar-refractivity contribution in [3.63, 3.8) is 0 Å². The summed E-state index contributed by atoms with van der Waals surface area (Å²) in [6.45, 7) is 3.36. The molecular weight excluding hydrogens is 198 g/mol. The molecule has 1 heterocycles. The minimum atomic E-state index is -0.861. The van der Waals surface area contributed by atoms with Crippen molar-refractivity contribution in [3.8, 4) is 0 Å². The molecule has 0 amide bonds. The monoisotopic (exact) mass is 217 g/mol. The third-order valence-electron chi connectivity index (χ3n) is 2.94. The zero-order valence-electron chi connectivity index (χ0n) is 9.22. The standard InChI is InChI=1S/C10H19NO4/c1-7-5-11(4-3-9(7)12)8(6-15-2)10(13)14/h7-9,12H,3-6H2,1-2H3,(H,13,14). The van der Waals surface area contributed by atoms with Gasteiger partial charge in [0.25, 0.3) is 0 Å². The lowest BCUT2D eigenvalue weighted by atomic mass is 9.95. The summed E-state index contributed by atoms with van der Waals surface area (Å²) in [6.07, 6.45) is 0.326. The van der Waals surface area contributed by atoms with Crippen LogP contribution in [-0.2, 0) is 9.53 Å². The first kappa shape index (κ1) is 12.4. The summed E-state index contributed by atoms with van der Waals surface area (Å²) in [6, 6.07) is -0.593. The van der Waals surface area contributed by atoms with Crippen molar-refractivity contribution in [2.75, 3.05) is 26.8 Å². The first-order valence-electron chi connectivity index (χ1n) is 5.20. The minimum absolute atomic E-state index is 0.123. The molecule has 15 heavy (non-hydrogen) atoms. The molecule has 1 saturated heterocycles. The van der Waals surface area contributed by atoms with Crippen LogP contribution in [0.2, 0.25) is 0 Å². The molecule has 0 aromatic carbocycles. The Bertz CT molecular complexity index is 221. The fraction of sp³-hybridized carbons (Fsp3) is 0.900. The van der Waals surface area contributed by atoms with Gasteiger partial charge in [-0.1, -0.05) is 6.92 Å². The number of aliphatic hydroxyl groups excluding tert-OH is 1. The van der Waals surface area contributed by atoms with Gasteiger partial charge in [-0.2, -0.15) is 0 Å². The van der Waals surface area contributed by atoms with E-state index in [1.807, 2.05) is 11.8 Å². The quantitative estimate of drug-likeness (QED) is 0.682. The van der Waals surface area contributed by atoms with E-state index in [1.54, 1.807) is 0 Å². The molecule has 1 aliphatic heterocycles. The Labute approximate surface area is 89.6 Å². The van der Waals surface area contributed by atoms with Crippen LogP contribution >= 0.6 is 0 Å². The lowest BCUT2D eigenvalue weighted by Crippen LogP contribution is -2.51. The van der Waals surface area contributed by atoms with Crippen LogP contribution in [0.25, 0.3) is 0 Å². The van der Waals surface area contributed by atoms with Crippen molar-refractivity contribution in [1.29, 1.82) is 0 Å². The molecule has 5 nitrogen and oxygen atoms in total. The molecule has 0 aromatic rings. The number of rotatable bonds is 4. The van der Waals surface area contributed by atoms with Crippen LogP contribution in [0.4, 0.5) is 0 Å². The number of aliphatic hydroxyl groups is 1. The topological polar surface area (TPSA) is 70.0 Å². The molecule has 5 heteroatoms. The Morgan fingerprint density at radius 3 is 2.80 bits per heavy atom. The number of carboxylic acids is 1. The smallest absolute Gasteiger partial charge is 0.323 e. The molecule has 0 aromatic heterocycles. The van der Waals surface area contributed by atoms with Gasteiger partial charge in [0.1, 0.15) is 6.04 Å². The van der Waals surface area contributed by atoms with Crippen LogP contribution in [0.3, 0.4) is 0 Å². The number of piperidine rings is 1. The highest BCUT2D eigenvalue weighted by atomic mass is 16.5.